The van der Waals surface area contributed by atoms with Crippen molar-refractivity contribution in [1.29, 1.82) is 0 Å². The predicted octanol–water partition coefficient (Wildman–Crippen LogP) is 4.57. The fourth-order valence-corrected chi connectivity index (χ4v) is 2.54. The van der Waals surface area contributed by atoms with Gasteiger partial charge in [0.2, 0.25) is 0 Å². The number of amides is 1. The fourth-order valence-electron chi connectivity index (χ4n) is 1.71. The summed E-state index contributed by atoms with van der Waals surface area (Å²) in [6.45, 7) is 5.45. The lowest BCUT2D eigenvalue weighted by Gasteiger charge is -2.19. The Morgan fingerprint density at radius 1 is 1.14 bits per heavy atom. The van der Waals surface area contributed by atoms with Crippen molar-refractivity contribution in [3.05, 3.63) is 41.3 Å². The molecule has 0 aliphatic heterocycles. The number of hydrogen-bond acceptors (Lipinski definition) is 4. The number of carbonyl (C=O) groups excluding carboxylic acids is 2. The molecule has 0 saturated heterocycles. The lowest BCUT2D eigenvalue weighted by Crippen LogP contribution is -2.27. The first-order valence-electron chi connectivity index (χ1n) is 6.53. The van der Waals surface area contributed by atoms with Gasteiger partial charge in [-0.3, -0.25) is 10.1 Å². The third-order valence-electron chi connectivity index (χ3n) is 2.56. The number of aldehydes is 1. The number of carbonyl (C=O) groups is 2. The summed E-state index contributed by atoms with van der Waals surface area (Å²) >= 11 is 1.43. The van der Waals surface area contributed by atoms with Gasteiger partial charge in [0.15, 0.2) is 6.29 Å². The van der Waals surface area contributed by atoms with E-state index in [1.165, 1.54) is 11.3 Å². The minimum atomic E-state index is -0.522. The lowest BCUT2D eigenvalue weighted by molar-refractivity contribution is 0.0636. The number of benzene rings is 1. The van der Waals surface area contributed by atoms with E-state index in [0.29, 0.717) is 10.6 Å². The van der Waals surface area contributed by atoms with Crippen LogP contribution in [0.25, 0.3) is 10.4 Å². The van der Waals surface area contributed by atoms with Crippen LogP contribution in [0.15, 0.2) is 36.4 Å². The molecule has 0 spiro atoms. The third-order valence-corrected chi connectivity index (χ3v) is 3.62. The summed E-state index contributed by atoms with van der Waals surface area (Å²) in [6, 6.07) is 11.1. The van der Waals surface area contributed by atoms with E-state index in [9.17, 15) is 9.59 Å². The van der Waals surface area contributed by atoms with E-state index >= 15 is 0 Å². The molecule has 5 heteroatoms. The zero-order valence-corrected chi connectivity index (χ0v) is 13.0. The molecule has 0 aliphatic carbocycles. The van der Waals surface area contributed by atoms with Crippen LogP contribution in [-0.2, 0) is 4.74 Å². The van der Waals surface area contributed by atoms with Gasteiger partial charge in [0.25, 0.3) is 0 Å². The Bertz CT molecular complexity index is 638. The molecule has 0 radical (unpaired) electrons. The van der Waals surface area contributed by atoms with E-state index < -0.39 is 11.7 Å². The number of hydrogen-bond donors (Lipinski definition) is 1. The largest absolute Gasteiger partial charge is 0.444 e. The monoisotopic (exact) mass is 303 g/mol. The van der Waals surface area contributed by atoms with Crippen molar-refractivity contribution in [2.24, 2.45) is 0 Å². The smallest absolute Gasteiger partial charge is 0.412 e. The molecule has 1 amide bonds. The second kappa shape index (κ2) is 6.10. The van der Waals surface area contributed by atoms with E-state index in [2.05, 4.69) is 5.32 Å². The normalized spacial score (nSPS) is 11.0. The molecule has 1 aromatic carbocycles. The Morgan fingerprint density at radius 2 is 1.81 bits per heavy atom. The molecule has 0 atom stereocenters. The Kier molecular flexibility index (Phi) is 4.43. The third kappa shape index (κ3) is 4.43. The van der Waals surface area contributed by atoms with E-state index in [0.717, 1.165) is 16.7 Å². The van der Waals surface area contributed by atoms with Crippen LogP contribution < -0.4 is 5.32 Å². The van der Waals surface area contributed by atoms with Crippen LogP contribution in [-0.4, -0.2) is 18.0 Å². The minimum absolute atomic E-state index is 0.477. The SMILES string of the molecule is CC(C)(C)OC(=O)Nc1ccc(-c2ccc(C=O)s2)cc1. The molecule has 0 saturated carbocycles. The molecular weight excluding hydrogens is 286 g/mol. The number of rotatable bonds is 3. The van der Waals surface area contributed by atoms with Gasteiger partial charge < -0.3 is 4.74 Å². The molecular formula is C16H17NO3S. The standard InChI is InChI=1S/C16H17NO3S/c1-16(2,3)20-15(19)17-12-6-4-11(5-7-12)14-9-8-13(10-18)21-14/h4-10H,1-3H3,(H,17,19). The highest BCUT2D eigenvalue weighted by Crippen LogP contribution is 2.28. The van der Waals surface area contributed by atoms with Crippen molar-refractivity contribution in [2.45, 2.75) is 26.4 Å². The maximum Gasteiger partial charge on any atom is 0.412 e. The number of anilines is 1. The fraction of sp³-hybridized carbons (Fsp3) is 0.250. The van der Waals surface area contributed by atoms with Crippen molar-refractivity contribution in [3.63, 3.8) is 0 Å². The van der Waals surface area contributed by atoms with Gasteiger partial charge in [-0.1, -0.05) is 12.1 Å². The highest BCUT2D eigenvalue weighted by Gasteiger charge is 2.16. The van der Waals surface area contributed by atoms with Crippen LogP contribution in [0, 0.1) is 0 Å². The van der Waals surface area contributed by atoms with Gasteiger partial charge in [0.05, 0.1) is 4.88 Å². The van der Waals surface area contributed by atoms with Gasteiger partial charge in [-0.05, 0) is 50.6 Å². The molecule has 110 valence electrons. The Labute approximate surface area is 127 Å². The summed E-state index contributed by atoms with van der Waals surface area (Å²) in [5, 5.41) is 2.68. The van der Waals surface area contributed by atoms with Crippen LogP contribution in [0.4, 0.5) is 10.5 Å². The second-order valence-corrected chi connectivity index (χ2v) is 6.64. The molecule has 1 heterocycles. The minimum Gasteiger partial charge on any atom is -0.444 e. The molecule has 2 rings (SSSR count). The summed E-state index contributed by atoms with van der Waals surface area (Å²) in [5.74, 6) is 0. The maximum absolute atomic E-state index is 11.7. The van der Waals surface area contributed by atoms with E-state index in [-0.39, 0.29) is 0 Å². The van der Waals surface area contributed by atoms with Crippen molar-refractivity contribution < 1.29 is 14.3 Å². The molecule has 21 heavy (non-hydrogen) atoms. The van der Waals surface area contributed by atoms with Gasteiger partial charge in [0.1, 0.15) is 5.60 Å². The second-order valence-electron chi connectivity index (χ2n) is 5.52. The molecule has 2 aromatic rings. The number of thiophene rings is 1. The van der Waals surface area contributed by atoms with E-state index in [1.54, 1.807) is 18.2 Å². The predicted molar refractivity (Wildman–Crippen MR) is 85.0 cm³/mol. The van der Waals surface area contributed by atoms with E-state index in [1.807, 2.05) is 39.0 Å². The first kappa shape index (κ1) is 15.3. The zero-order chi connectivity index (χ0) is 15.5. The van der Waals surface area contributed by atoms with Crippen molar-refractivity contribution in [1.82, 2.24) is 0 Å². The molecule has 0 fully saturated rings. The van der Waals surface area contributed by atoms with Crippen molar-refractivity contribution >= 4 is 29.4 Å². The van der Waals surface area contributed by atoms with Crippen molar-refractivity contribution in [3.8, 4) is 10.4 Å². The molecule has 1 aromatic heterocycles. The summed E-state index contributed by atoms with van der Waals surface area (Å²) < 4.78 is 5.19. The van der Waals surface area contributed by atoms with Gasteiger partial charge in [-0.2, -0.15) is 0 Å². The first-order chi connectivity index (χ1) is 9.87. The first-order valence-corrected chi connectivity index (χ1v) is 7.34. The highest BCUT2D eigenvalue weighted by atomic mass is 32.1. The molecule has 0 bridgehead atoms. The number of nitrogens with one attached hydrogen (secondary N) is 1. The Morgan fingerprint density at radius 3 is 2.33 bits per heavy atom. The summed E-state index contributed by atoms with van der Waals surface area (Å²) in [7, 11) is 0. The summed E-state index contributed by atoms with van der Waals surface area (Å²) in [6.07, 6.45) is 0.363. The van der Waals surface area contributed by atoms with Crippen molar-refractivity contribution in [2.75, 3.05) is 5.32 Å². The van der Waals surface area contributed by atoms with Crippen LogP contribution in [0.5, 0.6) is 0 Å². The van der Waals surface area contributed by atoms with Gasteiger partial charge in [-0.25, -0.2) is 4.79 Å². The molecule has 4 nitrogen and oxygen atoms in total. The van der Waals surface area contributed by atoms with Crippen LogP contribution in [0.3, 0.4) is 0 Å². The highest BCUT2D eigenvalue weighted by molar-refractivity contribution is 7.17. The number of ether oxygens (including phenoxy) is 1. The van der Waals surface area contributed by atoms with Gasteiger partial charge in [-0.15, -0.1) is 11.3 Å². The molecule has 0 unspecified atom stereocenters. The Balaban J connectivity index is 2.05. The average molecular weight is 303 g/mol. The van der Waals surface area contributed by atoms with Crippen LogP contribution in [0.1, 0.15) is 30.4 Å². The lowest BCUT2D eigenvalue weighted by atomic mass is 10.2. The summed E-state index contributed by atoms with van der Waals surface area (Å²) in [4.78, 5) is 24.1. The van der Waals surface area contributed by atoms with Crippen LogP contribution >= 0.6 is 11.3 Å². The Hall–Kier alpha value is -2.14. The van der Waals surface area contributed by atoms with E-state index in [4.69, 9.17) is 4.74 Å². The molecule has 1 N–H and O–H groups in total. The average Bonchev–Trinajstić information content (AvgIpc) is 2.86. The van der Waals surface area contributed by atoms with Gasteiger partial charge >= 0.3 is 6.09 Å². The maximum atomic E-state index is 11.7. The zero-order valence-electron chi connectivity index (χ0n) is 12.2. The molecule has 0 aliphatic rings. The topological polar surface area (TPSA) is 55.4 Å². The van der Waals surface area contributed by atoms with Gasteiger partial charge in [0, 0.05) is 10.6 Å². The summed E-state index contributed by atoms with van der Waals surface area (Å²) in [5.41, 5.74) is 1.15. The quantitative estimate of drug-likeness (QED) is 0.845. The van der Waals surface area contributed by atoms with Crippen LogP contribution in [0.2, 0.25) is 0 Å².